The van der Waals surface area contributed by atoms with Crippen LogP contribution in [0, 0.1) is 5.82 Å². The summed E-state index contributed by atoms with van der Waals surface area (Å²) in [6, 6.07) is 18.6. The van der Waals surface area contributed by atoms with Gasteiger partial charge in [0.25, 0.3) is 5.91 Å². The monoisotopic (exact) mass is 613 g/mol. The van der Waals surface area contributed by atoms with E-state index in [2.05, 4.69) is 20.9 Å². The van der Waals surface area contributed by atoms with Crippen LogP contribution in [0.5, 0.6) is 0 Å². The summed E-state index contributed by atoms with van der Waals surface area (Å²) in [7, 11) is 0. The van der Waals surface area contributed by atoms with Crippen molar-refractivity contribution in [2.75, 3.05) is 17.2 Å². The summed E-state index contributed by atoms with van der Waals surface area (Å²) in [6.07, 6.45) is 0.299. The number of likely N-dealkylation sites (tertiary alicyclic amines) is 1. The van der Waals surface area contributed by atoms with Gasteiger partial charge in [0.1, 0.15) is 17.7 Å². The molecule has 10 nitrogen and oxygen atoms in total. The zero-order chi connectivity index (χ0) is 32.3. The molecule has 5 rings (SSSR count). The minimum Gasteiger partial charge on any atom is -0.444 e. The number of alkyl carbamates (subject to hydrolysis) is 1. The number of hydrogen-bond donors (Lipinski definition) is 4. The van der Waals surface area contributed by atoms with E-state index >= 15 is 4.39 Å². The van der Waals surface area contributed by atoms with Crippen molar-refractivity contribution in [1.82, 2.24) is 15.2 Å². The molecule has 0 spiro atoms. The van der Waals surface area contributed by atoms with Crippen molar-refractivity contribution >= 4 is 46.1 Å². The van der Waals surface area contributed by atoms with Gasteiger partial charge in [-0.2, -0.15) is 0 Å². The molecule has 0 aliphatic carbocycles. The number of fused-ring (bicyclic) bond motifs is 1. The maximum atomic E-state index is 15.6. The molecular formula is C34H36FN5O5. The van der Waals surface area contributed by atoms with Gasteiger partial charge in [0, 0.05) is 41.3 Å². The highest BCUT2D eigenvalue weighted by molar-refractivity contribution is 6.00. The molecule has 4 aromatic rings. The number of H-pyrrole nitrogens is 1. The fourth-order valence-corrected chi connectivity index (χ4v) is 5.41. The first-order valence-corrected chi connectivity index (χ1v) is 14.7. The molecule has 1 aliphatic rings. The average Bonchev–Trinajstić information content (AvgIpc) is 3.61. The number of hydrogen-bond acceptors (Lipinski definition) is 5. The summed E-state index contributed by atoms with van der Waals surface area (Å²) >= 11 is 0. The minimum absolute atomic E-state index is 0.201. The Balaban J connectivity index is 1.33. The third kappa shape index (κ3) is 7.31. The first-order valence-electron chi connectivity index (χ1n) is 14.7. The Kier molecular flexibility index (Phi) is 8.89. The average molecular weight is 614 g/mol. The van der Waals surface area contributed by atoms with Crippen molar-refractivity contribution in [2.45, 2.75) is 58.2 Å². The highest BCUT2D eigenvalue weighted by Gasteiger charge is 2.39. The van der Waals surface area contributed by atoms with Crippen LogP contribution in [0.15, 0.2) is 72.8 Å². The Bertz CT molecular complexity index is 1730. The lowest BCUT2D eigenvalue weighted by Crippen LogP contribution is -2.49. The molecule has 1 aliphatic heterocycles. The number of nitrogens with zero attached hydrogens (tertiary/aromatic N) is 1. The predicted molar refractivity (Wildman–Crippen MR) is 170 cm³/mol. The number of rotatable bonds is 7. The number of aromatic nitrogens is 1. The van der Waals surface area contributed by atoms with Crippen molar-refractivity contribution < 1.29 is 28.3 Å². The second-order valence-electron chi connectivity index (χ2n) is 12.0. The van der Waals surface area contributed by atoms with E-state index in [0.29, 0.717) is 52.8 Å². The Morgan fingerprint density at radius 2 is 1.64 bits per heavy atom. The summed E-state index contributed by atoms with van der Waals surface area (Å²) in [6.45, 7) is 6.95. The SMILES string of the molecule is CC(=O)Nc1ccc(-c2[nH]c3ccc(NC(=O)[C@@H]4CCCN4C(=O)[C@@H](NC(=O)OC(C)(C)C)c4ccccc4)cc3c2F)cc1. The molecule has 0 radical (unpaired) electrons. The number of halogens is 1. The van der Waals surface area contributed by atoms with E-state index in [0.717, 1.165) is 0 Å². The largest absolute Gasteiger partial charge is 0.444 e. The number of carbonyl (C=O) groups is 4. The van der Waals surface area contributed by atoms with Gasteiger partial charge in [-0.3, -0.25) is 14.4 Å². The lowest BCUT2D eigenvalue weighted by atomic mass is 10.0. The molecule has 2 atom stereocenters. The van der Waals surface area contributed by atoms with Crippen LogP contribution in [0.25, 0.3) is 22.2 Å². The number of benzene rings is 3. The second kappa shape index (κ2) is 12.8. The van der Waals surface area contributed by atoms with Crippen molar-refractivity contribution in [1.29, 1.82) is 0 Å². The molecule has 3 aromatic carbocycles. The Labute approximate surface area is 260 Å². The Morgan fingerprint density at radius 1 is 0.956 bits per heavy atom. The van der Waals surface area contributed by atoms with Crippen LogP contribution in [-0.2, 0) is 19.1 Å². The van der Waals surface area contributed by atoms with Crippen LogP contribution in [-0.4, -0.2) is 51.9 Å². The molecule has 234 valence electrons. The highest BCUT2D eigenvalue weighted by atomic mass is 19.1. The van der Waals surface area contributed by atoms with Gasteiger partial charge in [0.05, 0.1) is 5.69 Å². The van der Waals surface area contributed by atoms with E-state index in [4.69, 9.17) is 4.74 Å². The molecule has 2 heterocycles. The van der Waals surface area contributed by atoms with Crippen LogP contribution in [0.4, 0.5) is 20.6 Å². The van der Waals surface area contributed by atoms with Crippen LogP contribution < -0.4 is 16.0 Å². The van der Waals surface area contributed by atoms with Crippen molar-refractivity contribution in [3.05, 3.63) is 84.2 Å². The third-order valence-electron chi connectivity index (χ3n) is 7.38. The number of nitrogens with one attached hydrogen (secondary N) is 4. The number of aromatic amines is 1. The molecule has 0 bridgehead atoms. The summed E-state index contributed by atoms with van der Waals surface area (Å²) < 4.78 is 21.0. The molecule has 4 N–H and O–H groups in total. The number of ether oxygens (including phenoxy) is 1. The third-order valence-corrected chi connectivity index (χ3v) is 7.38. The second-order valence-corrected chi connectivity index (χ2v) is 12.0. The number of carbonyl (C=O) groups excluding carboxylic acids is 4. The maximum absolute atomic E-state index is 15.6. The molecule has 4 amide bonds. The van der Waals surface area contributed by atoms with Gasteiger partial charge in [-0.05, 0) is 69.5 Å². The number of amides is 4. The lowest BCUT2D eigenvalue weighted by molar-refractivity contribution is -0.138. The van der Waals surface area contributed by atoms with E-state index in [1.54, 1.807) is 87.5 Å². The van der Waals surface area contributed by atoms with Crippen LogP contribution >= 0.6 is 0 Å². The zero-order valence-electron chi connectivity index (χ0n) is 25.6. The summed E-state index contributed by atoms with van der Waals surface area (Å²) in [4.78, 5) is 55.9. The normalized spacial score (nSPS) is 15.4. The van der Waals surface area contributed by atoms with Crippen molar-refractivity contribution in [3.63, 3.8) is 0 Å². The van der Waals surface area contributed by atoms with Gasteiger partial charge in [0.2, 0.25) is 11.8 Å². The smallest absolute Gasteiger partial charge is 0.408 e. The van der Waals surface area contributed by atoms with Gasteiger partial charge in [0.15, 0.2) is 5.82 Å². The fourth-order valence-electron chi connectivity index (χ4n) is 5.41. The summed E-state index contributed by atoms with van der Waals surface area (Å²) in [5.74, 6) is -1.52. The summed E-state index contributed by atoms with van der Waals surface area (Å²) in [5.41, 5.74) is 2.20. The molecule has 1 saturated heterocycles. The molecule has 11 heteroatoms. The summed E-state index contributed by atoms with van der Waals surface area (Å²) in [5, 5.41) is 8.50. The van der Waals surface area contributed by atoms with Gasteiger partial charge in [-0.15, -0.1) is 0 Å². The fraction of sp³-hybridized carbons (Fsp3) is 0.294. The Hall–Kier alpha value is -5.19. The van der Waals surface area contributed by atoms with Gasteiger partial charge < -0.3 is 30.6 Å². The minimum atomic E-state index is -1.05. The van der Waals surface area contributed by atoms with Crippen molar-refractivity contribution in [2.24, 2.45) is 0 Å². The zero-order valence-corrected chi connectivity index (χ0v) is 25.6. The highest BCUT2D eigenvalue weighted by Crippen LogP contribution is 2.32. The number of anilines is 2. The topological polar surface area (TPSA) is 133 Å². The molecule has 1 aromatic heterocycles. The van der Waals surface area contributed by atoms with E-state index in [-0.39, 0.29) is 11.6 Å². The molecule has 0 saturated carbocycles. The van der Waals surface area contributed by atoms with E-state index in [1.165, 1.54) is 11.8 Å². The Morgan fingerprint density at radius 3 is 2.31 bits per heavy atom. The molecule has 1 fully saturated rings. The van der Waals surface area contributed by atoms with Crippen molar-refractivity contribution in [3.8, 4) is 11.3 Å². The van der Waals surface area contributed by atoms with Gasteiger partial charge in [-0.1, -0.05) is 42.5 Å². The maximum Gasteiger partial charge on any atom is 0.408 e. The van der Waals surface area contributed by atoms with Gasteiger partial charge in [-0.25, -0.2) is 9.18 Å². The predicted octanol–water partition coefficient (Wildman–Crippen LogP) is 6.13. The van der Waals surface area contributed by atoms with E-state index in [9.17, 15) is 19.2 Å². The first-order chi connectivity index (χ1) is 21.4. The molecule has 0 unspecified atom stereocenters. The van der Waals surface area contributed by atoms with Crippen LogP contribution in [0.3, 0.4) is 0 Å². The lowest BCUT2D eigenvalue weighted by Gasteiger charge is -2.29. The van der Waals surface area contributed by atoms with E-state index in [1.807, 2.05) is 6.07 Å². The van der Waals surface area contributed by atoms with Crippen LogP contribution in [0.1, 0.15) is 52.1 Å². The van der Waals surface area contributed by atoms with Crippen LogP contribution in [0.2, 0.25) is 0 Å². The molecular weight excluding hydrogens is 577 g/mol. The molecule has 45 heavy (non-hydrogen) atoms. The van der Waals surface area contributed by atoms with E-state index < -0.39 is 41.4 Å². The quantitative estimate of drug-likeness (QED) is 0.199. The van der Waals surface area contributed by atoms with Gasteiger partial charge >= 0.3 is 6.09 Å². The standard InChI is InChI=1S/C34H36FN5O5/c1-20(41)36-23-14-12-22(13-15-23)29-28(35)25-19-24(16-17-26(25)38-29)37-31(42)27-11-8-18-40(27)32(43)30(21-9-6-5-7-10-21)39-33(44)45-34(2,3)4/h5-7,9-10,12-17,19,27,30,38H,8,11,18H2,1-4H3,(H,36,41)(H,37,42)(H,39,44)/t27-,30-/m0/s1. The first kappa shape index (κ1) is 31.2.